The van der Waals surface area contributed by atoms with E-state index in [1.807, 2.05) is 0 Å². The normalized spacial score (nSPS) is 12.2. The van der Waals surface area contributed by atoms with E-state index in [9.17, 15) is 14.4 Å². The minimum atomic E-state index is -0.780. The fourth-order valence-electron chi connectivity index (χ4n) is 8.29. The van der Waals surface area contributed by atoms with E-state index in [4.69, 9.17) is 14.2 Å². The zero-order valence-corrected chi connectivity index (χ0v) is 43.5. The summed E-state index contributed by atoms with van der Waals surface area (Å²) in [5, 5.41) is 0. The summed E-state index contributed by atoms with van der Waals surface area (Å²) in [6.07, 6.45) is 64.1. The van der Waals surface area contributed by atoms with E-state index in [1.54, 1.807) is 0 Å². The highest BCUT2D eigenvalue weighted by molar-refractivity contribution is 5.71. The molecule has 0 amide bonds. The standard InChI is InChI=1S/C59H108O6/c1-4-7-10-13-16-19-22-25-28-29-30-32-34-37-40-43-46-49-52-58(61)64-55-56(54-63-57(60)51-48-45-42-39-36-33-27-24-21-18-15-12-9-6-3)65-59(62)53-50-47-44-41-38-35-31-26-23-20-17-14-11-8-5-2/h17,20,24,26-27,31,56H,4-16,18-19,21-23,25,28-30,32-55H2,1-3H3/b20-17+,27-24+,31-26+/t56-/m1/s1. The summed E-state index contributed by atoms with van der Waals surface area (Å²) in [4.78, 5) is 38.1. The third-order valence-corrected chi connectivity index (χ3v) is 12.6. The van der Waals surface area contributed by atoms with Gasteiger partial charge in [-0.3, -0.25) is 14.4 Å². The Morgan fingerprint density at radius 2 is 0.554 bits per heavy atom. The van der Waals surface area contributed by atoms with Crippen LogP contribution in [0.25, 0.3) is 0 Å². The van der Waals surface area contributed by atoms with E-state index in [-0.39, 0.29) is 31.1 Å². The van der Waals surface area contributed by atoms with Gasteiger partial charge in [-0.1, -0.05) is 243 Å². The Balaban J connectivity index is 4.35. The predicted octanol–water partition coefficient (Wildman–Crippen LogP) is 18.9. The molecule has 6 heteroatoms. The smallest absolute Gasteiger partial charge is 0.306 e. The van der Waals surface area contributed by atoms with Gasteiger partial charge in [0, 0.05) is 19.3 Å². The maximum atomic E-state index is 12.8. The molecule has 0 rings (SSSR count). The lowest BCUT2D eigenvalue weighted by Crippen LogP contribution is -2.30. The van der Waals surface area contributed by atoms with E-state index < -0.39 is 6.10 Å². The highest BCUT2D eigenvalue weighted by Crippen LogP contribution is 2.16. The summed E-state index contributed by atoms with van der Waals surface area (Å²) in [5.41, 5.74) is 0. The summed E-state index contributed by atoms with van der Waals surface area (Å²) in [6.45, 7) is 6.62. The van der Waals surface area contributed by atoms with Crippen molar-refractivity contribution < 1.29 is 28.6 Å². The molecule has 0 saturated heterocycles. The minimum absolute atomic E-state index is 0.0770. The van der Waals surface area contributed by atoms with Crippen LogP contribution < -0.4 is 0 Å². The van der Waals surface area contributed by atoms with Gasteiger partial charge in [0.05, 0.1) is 0 Å². The Morgan fingerprint density at radius 1 is 0.308 bits per heavy atom. The van der Waals surface area contributed by atoms with Crippen molar-refractivity contribution in [3.05, 3.63) is 36.5 Å². The SMILES string of the molecule is CCCCC/C=C/C/C=C/CCCCCCCC(=O)O[C@H](COC(=O)CCCCCCC/C=C/CCCCCCC)COC(=O)CCCCCCCCCCCCCCCCCCCC. The number of unbranched alkanes of at least 4 members (excludes halogenated alkanes) is 35. The van der Waals surface area contributed by atoms with Crippen molar-refractivity contribution in [2.75, 3.05) is 13.2 Å². The van der Waals surface area contributed by atoms with Gasteiger partial charge in [-0.15, -0.1) is 0 Å². The molecule has 1 atom stereocenters. The highest BCUT2D eigenvalue weighted by atomic mass is 16.6. The van der Waals surface area contributed by atoms with Crippen molar-refractivity contribution >= 4 is 17.9 Å². The zero-order valence-electron chi connectivity index (χ0n) is 43.5. The van der Waals surface area contributed by atoms with Crippen LogP contribution >= 0.6 is 0 Å². The molecule has 0 bridgehead atoms. The molecule has 65 heavy (non-hydrogen) atoms. The van der Waals surface area contributed by atoms with Crippen LogP contribution in [0.3, 0.4) is 0 Å². The van der Waals surface area contributed by atoms with Gasteiger partial charge in [-0.2, -0.15) is 0 Å². The Bertz CT molecular complexity index is 1090. The molecule has 0 saturated carbocycles. The van der Waals surface area contributed by atoms with Crippen molar-refractivity contribution in [3.63, 3.8) is 0 Å². The van der Waals surface area contributed by atoms with Crippen LogP contribution in [-0.2, 0) is 28.6 Å². The molecule has 0 aliphatic heterocycles. The quantitative estimate of drug-likeness (QED) is 0.0262. The second-order valence-corrected chi connectivity index (χ2v) is 19.2. The molecule has 0 fully saturated rings. The third-order valence-electron chi connectivity index (χ3n) is 12.6. The Morgan fingerprint density at radius 3 is 0.892 bits per heavy atom. The summed E-state index contributed by atoms with van der Waals surface area (Å²) in [6, 6.07) is 0. The first-order chi connectivity index (χ1) is 32.0. The molecule has 0 N–H and O–H groups in total. The Kier molecular flexibility index (Phi) is 52.3. The lowest BCUT2D eigenvalue weighted by molar-refractivity contribution is -0.167. The molecule has 0 aromatic heterocycles. The summed E-state index contributed by atoms with van der Waals surface area (Å²) in [7, 11) is 0. The van der Waals surface area contributed by atoms with Crippen LogP contribution in [0, 0.1) is 0 Å². The number of hydrogen-bond donors (Lipinski definition) is 0. The maximum absolute atomic E-state index is 12.8. The van der Waals surface area contributed by atoms with Crippen molar-refractivity contribution in [3.8, 4) is 0 Å². The molecule has 0 aromatic rings. The summed E-state index contributed by atoms with van der Waals surface area (Å²) in [5.74, 6) is -0.884. The van der Waals surface area contributed by atoms with Gasteiger partial charge in [0.1, 0.15) is 13.2 Å². The van der Waals surface area contributed by atoms with Crippen LogP contribution in [0.5, 0.6) is 0 Å². The van der Waals surface area contributed by atoms with Gasteiger partial charge in [0.25, 0.3) is 0 Å². The first-order valence-electron chi connectivity index (χ1n) is 28.5. The van der Waals surface area contributed by atoms with Gasteiger partial charge >= 0.3 is 17.9 Å². The van der Waals surface area contributed by atoms with Gasteiger partial charge < -0.3 is 14.2 Å². The van der Waals surface area contributed by atoms with Crippen LogP contribution in [0.4, 0.5) is 0 Å². The van der Waals surface area contributed by atoms with Crippen LogP contribution in [0.2, 0.25) is 0 Å². The van der Waals surface area contributed by atoms with Crippen molar-refractivity contribution in [2.45, 2.75) is 309 Å². The number of allylic oxidation sites excluding steroid dienone is 6. The Hall–Kier alpha value is -2.37. The van der Waals surface area contributed by atoms with E-state index in [1.165, 1.54) is 173 Å². The molecule has 0 unspecified atom stereocenters. The van der Waals surface area contributed by atoms with Crippen LogP contribution in [0.1, 0.15) is 303 Å². The topological polar surface area (TPSA) is 78.9 Å². The largest absolute Gasteiger partial charge is 0.462 e. The molecular weight excluding hydrogens is 805 g/mol. The molecule has 6 nitrogen and oxygen atoms in total. The number of esters is 3. The minimum Gasteiger partial charge on any atom is -0.462 e. The van der Waals surface area contributed by atoms with Crippen molar-refractivity contribution in [2.24, 2.45) is 0 Å². The van der Waals surface area contributed by atoms with E-state index in [2.05, 4.69) is 57.2 Å². The Labute approximate surface area is 404 Å². The summed E-state index contributed by atoms with van der Waals surface area (Å²) < 4.78 is 16.8. The predicted molar refractivity (Wildman–Crippen MR) is 279 cm³/mol. The van der Waals surface area contributed by atoms with Gasteiger partial charge in [-0.05, 0) is 77.0 Å². The van der Waals surface area contributed by atoms with E-state index in [0.29, 0.717) is 19.3 Å². The fraction of sp³-hybridized carbons (Fsp3) is 0.847. The average molecular weight is 914 g/mol. The molecule has 0 aromatic carbocycles. The van der Waals surface area contributed by atoms with Gasteiger partial charge in [0.15, 0.2) is 6.10 Å². The molecule has 0 aliphatic rings. The van der Waals surface area contributed by atoms with Crippen LogP contribution in [0.15, 0.2) is 36.5 Å². The number of carbonyl (C=O) groups is 3. The zero-order chi connectivity index (χ0) is 47.2. The second-order valence-electron chi connectivity index (χ2n) is 19.2. The molecule has 0 radical (unpaired) electrons. The van der Waals surface area contributed by atoms with Gasteiger partial charge in [0.2, 0.25) is 0 Å². The number of hydrogen-bond acceptors (Lipinski definition) is 6. The molecular formula is C59H108O6. The number of rotatable bonds is 52. The monoisotopic (exact) mass is 913 g/mol. The molecule has 0 spiro atoms. The highest BCUT2D eigenvalue weighted by Gasteiger charge is 2.19. The number of ether oxygens (including phenoxy) is 3. The molecule has 380 valence electrons. The van der Waals surface area contributed by atoms with E-state index >= 15 is 0 Å². The maximum Gasteiger partial charge on any atom is 0.306 e. The second kappa shape index (κ2) is 54.2. The lowest BCUT2D eigenvalue weighted by atomic mass is 10.0. The first kappa shape index (κ1) is 62.6. The average Bonchev–Trinajstić information content (AvgIpc) is 3.30. The molecule has 0 heterocycles. The lowest BCUT2D eigenvalue weighted by Gasteiger charge is -2.18. The third kappa shape index (κ3) is 52.5. The molecule has 0 aliphatic carbocycles. The summed E-state index contributed by atoms with van der Waals surface area (Å²) >= 11 is 0. The van der Waals surface area contributed by atoms with Crippen molar-refractivity contribution in [1.82, 2.24) is 0 Å². The van der Waals surface area contributed by atoms with Gasteiger partial charge in [-0.25, -0.2) is 0 Å². The van der Waals surface area contributed by atoms with Crippen LogP contribution in [-0.4, -0.2) is 37.2 Å². The number of carbonyl (C=O) groups excluding carboxylic acids is 3. The van der Waals surface area contributed by atoms with E-state index in [0.717, 1.165) is 89.9 Å². The first-order valence-corrected chi connectivity index (χ1v) is 28.5. The van der Waals surface area contributed by atoms with Crippen molar-refractivity contribution in [1.29, 1.82) is 0 Å². The fourth-order valence-corrected chi connectivity index (χ4v) is 8.29.